The lowest BCUT2D eigenvalue weighted by Crippen LogP contribution is -2.35. The van der Waals surface area contributed by atoms with Crippen LogP contribution in [0.1, 0.15) is 37.3 Å². The summed E-state index contributed by atoms with van der Waals surface area (Å²) in [6, 6.07) is 19.8. The maximum Gasteiger partial charge on any atom is 0.410 e. The van der Waals surface area contributed by atoms with Gasteiger partial charge >= 0.3 is 6.09 Å². The third-order valence-electron chi connectivity index (χ3n) is 4.04. The standard InChI is InChI=1S/C21H28N2O2/c1-2-3-14-20(22)17-25-21(24)23(15-18-10-6-4-7-11-18)16-19-12-8-5-9-13-19/h4-13,20H,2-3,14-17,22H2,1H3. The number of benzene rings is 2. The molecule has 2 aromatic rings. The second kappa shape index (κ2) is 10.5. The second-order valence-corrected chi connectivity index (χ2v) is 6.31. The third-order valence-corrected chi connectivity index (χ3v) is 4.04. The normalized spacial score (nSPS) is 11.8. The van der Waals surface area contributed by atoms with Crippen LogP contribution >= 0.6 is 0 Å². The van der Waals surface area contributed by atoms with E-state index < -0.39 is 0 Å². The molecule has 4 heteroatoms. The van der Waals surface area contributed by atoms with Gasteiger partial charge in [0.15, 0.2) is 0 Å². The average Bonchev–Trinajstić information content (AvgIpc) is 2.65. The first-order valence-corrected chi connectivity index (χ1v) is 8.94. The maximum absolute atomic E-state index is 12.6. The molecule has 0 bridgehead atoms. The van der Waals surface area contributed by atoms with Crippen LogP contribution in [0.4, 0.5) is 4.79 Å². The van der Waals surface area contributed by atoms with Gasteiger partial charge in [-0.2, -0.15) is 0 Å². The van der Waals surface area contributed by atoms with Gasteiger partial charge in [0, 0.05) is 19.1 Å². The summed E-state index contributed by atoms with van der Waals surface area (Å²) >= 11 is 0. The van der Waals surface area contributed by atoms with Crippen molar-refractivity contribution in [3.8, 4) is 0 Å². The van der Waals surface area contributed by atoms with E-state index in [4.69, 9.17) is 10.5 Å². The van der Waals surface area contributed by atoms with E-state index in [-0.39, 0.29) is 18.7 Å². The molecule has 2 rings (SSSR count). The predicted molar refractivity (Wildman–Crippen MR) is 101 cm³/mol. The Kier molecular flexibility index (Phi) is 7.99. The molecule has 0 spiro atoms. The zero-order valence-corrected chi connectivity index (χ0v) is 14.9. The molecule has 2 aromatic carbocycles. The summed E-state index contributed by atoms with van der Waals surface area (Å²) in [5, 5.41) is 0. The smallest absolute Gasteiger partial charge is 0.410 e. The number of ether oxygens (including phenoxy) is 1. The van der Waals surface area contributed by atoms with Crippen molar-refractivity contribution in [3.05, 3.63) is 71.8 Å². The number of rotatable bonds is 9. The maximum atomic E-state index is 12.6. The van der Waals surface area contributed by atoms with Crippen LogP contribution in [0.2, 0.25) is 0 Å². The van der Waals surface area contributed by atoms with Crippen molar-refractivity contribution in [1.82, 2.24) is 4.90 Å². The first-order valence-electron chi connectivity index (χ1n) is 8.94. The molecule has 134 valence electrons. The first kappa shape index (κ1) is 19.0. The first-order chi connectivity index (χ1) is 12.2. The molecule has 0 saturated heterocycles. The van der Waals surface area contributed by atoms with Crippen LogP contribution in [-0.2, 0) is 17.8 Å². The molecule has 0 heterocycles. The summed E-state index contributed by atoms with van der Waals surface area (Å²) in [7, 11) is 0. The van der Waals surface area contributed by atoms with Crippen molar-refractivity contribution in [1.29, 1.82) is 0 Å². The number of unbranched alkanes of at least 4 members (excludes halogenated alkanes) is 1. The Morgan fingerprint density at radius 3 is 2.00 bits per heavy atom. The Balaban J connectivity index is 1.98. The molecule has 0 aromatic heterocycles. The van der Waals surface area contributed by atoms with E-state index in [0.29, 0.717) is 13.1 Å². The monoisotopic (exact) mass is 340 g/mol. The topological polar surface area (TPSA) is 55.6 Å². The van der Waals surface area contributed by atoms with Crippen LogP contribution in [-0.4, -0.2) is 23.6 Å². The van der Waals surface area contributed by atoms with E-state index in [2.05, 4.69) is 6.92 Å². The van der Waals surface area contributed by atoms with Crippen molar-refractivity contribution >= 4 is 6.09 Å². The summed E-state index contributed by atoms with van der Waals surface area (Å²) in [5.41, 5.74) is 8.17. The van der Waals surface area contributed by atoms with Crippen LogP contribution < -0.4 is 5.73 Å². The van der Waals surface area contributed by atoms with E-state index in [0.717, 1.165) is 30.4 Å². The fraction of sp³-hybridized carbons (Fsp3) is 0.381. The highest BCUT2D eigenvalue weighted by Crippen LogP contribution is 2.12. The summed E-state index contributed by atoms with van der Waals surface area (Å²) in [6.45, 7) is 3.41. The molecule has 0 aliphatic heterocycles. The van der Waals surface area contributed by atoms with E-state index >= 15 is 0 Å². The van der Waals surface area contributed by atoms with Gasteiger partial charge in [-0.1, -0.05) is 80.4 Å². The quantitative estimate of drug-likeness (QED) is 0.738. The molecule has 0 radical (unpaired) electrons. The average molecular weight is 340 g/mol. The van der Waals surface area contributed by atoms with Gasteiger partial charge in [-0.15, -0.1) is 0 Å². The van der Waals surface area contributed by atoms with Gasteiger partial charge in [0.05, 0.1) is 0 Å². The Hall–Kier alpha value is -2.33. The number of hydrogen-bond acceptors (Lipinski definition) is 3. The van der Waals surface area contributed by atoms with E-state index in [1.54, 1.807) is 4.90 Å². The summed E-state index contributed by atoms with van der Waals surface area (Å²) in [5.74, 6) is 0. The minimum atomic E-state index is -0.320. The van der Waals surface area contributed by atoms with Crippen molar-refractivity contribution in [2.75, 3.05) is 6.61 Å². The molecule has 1 atom stereocenters. The molecule has 1 unspecified atom stereocenters. The van der Waals surface area contributed by atoms with Gasteiger partial charge in [0.1, 0.15) is 6.61 Å². The highest BCUT2D eigenvalue weighted by molar-refractivity contribution is 5.67. The van der Waals surface area contributed by atoms with Crippen LogP contribution in [0.15, 0.2) is 60.7 Å². The molecule has 0 aliphatic carbocycles. The number of amides is 1. The number of nitrogens with zero attached hydrogens (tertiary/aromatic N) is 1. The molecule has 0 fully saturated rings. The van der Waals surface area contributed by atoms with Crippen molar-refractivity contribution < 1.29 is 9.53 Å². The molecular weight excluding hydrogens is 312 g/mol. The van der Waals surface area contributed by atoms with Gasteiger partial charge < -0.3 is 10.5 Å². The number of hydrogen-bond donors (Lipinski definition) is 1. The molecule has 2 N–H and O–H groups in total. The molecule has 4 nitrogen and oxygen atoms in total. The van der Waals surface area contributed by atoms with E-state index in [1.807, 2.05) is 60.7 Å². The highest BCUT2D eigenvalue weighted by Gasteiger charge is 2.17. The Morgan fingerprint density at radius 2 is 1.52 bits per heavy atom. The molecule has 0 aliphatic rings. The lowest BCUT2D eigenvalue weighted by atomic mass is 10.1. The molecule has 1 amide bonds. The molecular formula is C21H28N2O2. The number of carbonyl (C=O) groups excluding carboxylic acids is 1. The number of nitrogens with two attached hydrogens (primary N) is 1. The van der Waals surface area contributed by atoms with Gasteiger partial charge in [-0.3, -0.25) is 4.90 Å². The molecule has 0 saturated carbocycles. The van der Waals surface area contributed by atoms with Crippen molar-refractivity contribution in [3.63, 3.8) is 0 Å². The van der Waals surface area contributed by atoms with Crippen molar-refractivity contribution in [2.45, 2.75) is 45.3 Å². The zero-order chi connectivity index (χ0) is 17.9. The minimum Gasteiger partial charge on any atom is -0.448 e. The van der Waals surface area contributed by atoms with Crippen LogP contribution in [0, 0.1) is 0 Å². The van der Waals surface area contributed by atoms with Gasteiger partial charge in [-0.25, -0.2) is 4.79 Å². The zero-order valence-electron chi connectivity index (χ0n) is 14.9. The van der Waals surface area contributed by atoms with Crippen LogP contribution in [0.3, 0.4) is 0 Å². The van der Waals surface area contributed by atoms with Crippen molar-refractivity contribution in [2.24, 2.45) is 5.73 Å². The predicted octanol–water partition coefficient (Wildman–Crippen LogP) is 4.34. The third kappa shape index (κ3) is 6.98. The van der Waals surface area contributed by atoms with E-state index in [1.165, 1.54) is 0 Å². The lowest BCUT2D eigenvalue weighted by Gasteiger charge is -2.23. The second-order valence-electron chi connectivity index (χ2n) is 6.31. The summed E-state index contributed by atoms with van der Waals surface area (Å²) < 4.78 is 5.47. The van der Waals surface area contributed by atoms with Crippen LogP contribution in [0.25, 0.3) is 0 Å². The minimum absolute atomic E-state index is 0.0980. The summed E-state index contributed by atoms with van der Waals surface area (Å²) in [4.78, 5) is 14.3. The Morgan fingerprint density at radius 1 is 1.00 bits per heavy atom. The van der Waals surface area contributed by atoms with Gasteiger partial charge in [0.2, 0.25) is 0 Å². The van der Waals surface area contributed by atoms with E-state index in [9.17, 15) is 4.79 Å². The lowest BCUT2D eigenvalue weighted by molar-refractivity contribution is 0.0907. The highest BCUT2D eigenvalue weighted by atomic mass is 16.6. The Labute approximate surface area is 150 Å². The number of carbonyl (C=O) groups is 1. The fourth-order valence-electron chi connectivity index (χ4n) is 2.61. The summed E-state index contributed by atoms with van der Waals surface area (Å²) in [6.07, 6.45) is 2.70. The largest absolute Gasteiger partial charge is 0.448 e. The molecule has 25 heavy (non-hydrogen) atoms. The SMILES string of the molecule is CCCCC(N)COC(=O)N(Cc1ccccc1)Cc1ccccc1. The van der Waals surface area contributed by atoms with Gasteiger partial charge in [-0.05, 0) is 17.5 Å². The van der Waals surface area contributed by atoms with Crippen LogP contribution in [0.5, 0.6) is 0 Å². The Bertz CT molecular complexity index is 575. The fourth-order valence-corrected chi connectivity index (χ4v) is 2.61. The van der Waals surface area contributed by atoms with Gasteiger partial charge in [0.25, 0.3) is 0 Å².